The fraction of sp³-hybridized carbons (Fsp3) is 0.667. The third kappa shape index (κ3) is 4.92. The van der Waals surface area contributed by atoms with Crippen molar-refractivity contribution in [3.8, 4) is 11.5 Å². The van der Waals surface area contributed by atoms with Crippen LogP contribution in [0.3, 0.4) is 0 Å². The van der Waals surface area contributed by atoms with Crippen LogP contribution in [0.15, 0.2) is 24.3 Å². The van der Waals surface area contributed by atoms with E-state index in [0.717, 1.165) is 29.9 Å². The second kappa shape index (κ2) is 8.28. The molecule has 3 heteroatoms. The van der Waals surface area contributed by atoms with Crippen molar-refractivity contribution in [1.82, 2.24) is 5.32 Å². The van der Waals surface area contributed by atoms with Gasteiger partial charge in [0.15, 0.2) is 0 Å². The van der Waals surface area contributed by atoms with E-state index in [1.165, 1.54) is 25.7 Å². The van der Waals surface area contributed by atoms with E-state index in [9.17, 15) is 0 Å². The molecule has 0 saturated heterocycles. The van der Waals surface area contributed by atoms with Crippen LogP contribution in [-0.4, -0.2) is 26.3 Å². The maximum Gasteiger partial charge on any atom is 0.119 e. The van der Waals surface area contributed by atoms with Crippen molar-refractivity contribution < 1.29 is 9.47 Å². The number of benzene rings is 1. The predicted octanol–water partition coefficient (Wildman–Crippen LogP) is 3.88. The average Bonchev–Trinajstić information content (AvgIpc) is 2.52. The maximum atomic E-state index is 5.77. The highest BCUT2D eigenvalue weighted by molar-refractivity contribution is 5.31. The zero-order chi connectivity index (χ0) is 15.1. The molecule has 118 valence electrons. The Hall–Kier alpha value is -1.22. The topological polar surface area (TPSA) is 30.5 Å². The summed E-state index contributed by atoms with van der Waals surface area (Å²) in [5.41, 5.74) is 0. The lowest BCUT2D eigenvalue weighted by Gasteiger charge is -2.35. The first-order valence-electron chi connectivity index (χ1n) is 8.21. The van der Waals surface area contributed by atoms with Crippen molar-refractivity contribution in [3.05, 3.63) is 24.3 Å². The first-order valence-corrected chi connectivity index (χ1v) is 8.21. The van der Waals surface area contributed by atoms with Crippen molar-refractivity contribution >= 4 is 0 Å². The first-order chi connectivity index (χ1) is 10.2. The molecule has 21 heavy (non-hydrogen) atoms. The van der Waals surface area contributed by atoms with Crippen LogP contribution in [0.4, 0.5) is 0 Å². The Morgan fingerprint density at radius 3 is 2.43 bits per heavy atom. The van der Waals surface area contributed by atoms with Gasteiger partial charge in [-0.3, -0.25) is 0 Å². The molecule has 3 nitrogen and oxygen atoms in total. The number of ether oxygens (including phenoxy) is 2. The molecule has 1 aromatic rings. The quantitative estimate of drug-likeness (QED) is 0.773. The van der Waals surface area contributed by atoms with Crippen LogP contribution in [-0.2, 0) is 0 Å². The van der Waals surface area contributed by atoms with Crippen LogP contribution in [0.25, 0.3) is 0 Å². The third-order valence-corrected chi connectivity index (χ3v) is 4.51. The highest BCUT2D eigenvalue weighted by atomic mass is 16.5. The van der Waals surface area contributed by atoms with Crippen LogP contribution >= 0.6 is 0 Å². The monoisotopic (exact) mass is 291 g/mol. The Morgan fingerprint density at radius 2 is 1.76 bits per heavy atom. The van der Waals surface area contributed by atoms with Crippen molar-refractivity contribution in [2.75, 3.05) is 20.3 Å². The number of hydrogen-bond acceptors (Lipinski definition) is 3. The van der Waals surface area contributed by atoms with Gasteiger partial charge < -0.3 is 14.8 Å². The molecule has 2 atom stereocenters. The largest absolute Gasteiger partial charge is 0.497 e. The molecular formula is C18H29NO2. The van der Waals surface area contributed by atoms with Gasteiger partial charge in [-0.2, -0.15) is 0 Å². The van der Waals surface area contributed by atoms with Gasteiger partial charge in [-0.25, -0.2) is 0 Å². The first kappa shape index (κ1) is 16.2. The molecule has 1 N–H and O–H groups in total. The minimum atomic E-state index is 0.665. The zero-order valence-electron chi connectivity index (χ0n) is 13.6. The van der Waals surface area contributed by atoms with E-state index in [4.69, 9.17) is 9.47 Å². The molecule has 1 fully saturated rings. The molecule has 0 spiro atoms. The van der Waals surface area contributed by atoms with Crippen LogP contribution in [0.2, 0.25) is 0 Å². The Bertz CT molecular complexity index is 402. The number of methoxy groups -OCH3 is 1. The minimum absolute atomic E-state index is 0.665. The van der Waals surface area contributed by atoms with Crippen molar-refractivity contribution in [2.45, 2.75) is 45.6 Å². The van der Waals surface area contributed by atoms with Crippen LogP contribution in [0, 0.1) is 11.8 Å². The van der Waals surface area contributed by atoms with Crippen LogP contribution < -0.4 is 14.8 Å². The molecule has 0 aliphatic heterocycles. The number of nitrogens with one attached hydrogen (secondary N) is 1. The summed E-state index contributed by atoms with van der Waals surface area (Å²) in [4.78, 5) is 0. The average molecular weight is 291 g/mol. The van der Waals surface area contributed by atoms with Gasteiger partial charge in [-0.1, -0.05) is 26.7 Å². The molecule has 2 unspecified atom stereocenters. The third-order valence-electron chi connectivity index (χ3n) is 4.51. The molecule has 2 rings (SSSR count). The van der Waals surface area contributed by atoms with E-state index < -0.39 is 0 Å². The molecule has 1 saturated carbocycles. The molecule has 0 radical (unpaired) electrons. The molecular weight excluding hydrogens is 262 g/mol. The Labute approximate surface area is 129 Å². The highest BCUT2D eigenvalue weighted by Crippen LogP contribution is 2.30. The van der Waals surface area contributed by atoms with E-state index in [-0.39, 0.29) is 0 Å². The molecule has 0 bridgehead atoms. The van der Waals surface area contributed by atoms with Gasteiger partial charge in [0.2, 0.25) is 0 Å². The molecule has 0 amide bonds. The van der Waals surface area contributed by atoms with E-state index >= 15 is 0 Å². The smallest absolute Gasteiger partial charge is 0.119 e. The Balaban J connectivity index is 1.70. The van der Waals surface area contributed by atoms with Gasteiger partial charge in [0.05, 0.1) is 7.11 Å². The van der Waals surface area contributed by atoms with E-state index in [1.54, 1.807) is 7.11 Å². The number of rotatable bonds is 7. The second-order valence-electron chi connectivity index (χ2n) is 6.28. The van der Waals surface area contributed by atoms with Gasteiger partial charge in [0.25, 0.3) is 0 Å². The van der Waals surface area contributed by atoms with E-state index in [1.807, 2.05) is 24.3 Å². The van der Waals surface area contributed by atoms with Crippen molar-refractivity contribution in [1.29, 1.82) is 0 Å². The van der Waals surface area contributed by atoms with Gasteiger partial charge in [0, 0.05) is 12.6 Å². The lowest BCUT2D eigenvalue weighted by atomic mass is 9.78. The predicted molar refractivity (Wildman–Crippen MR) is 87.1 cm³/mol. The fourth-order valence-electron chi connectivity index (χ4n) is 3.30. The highest BCUT2D eigenvalue weighted by Gasteiger charge is 2.26. The lowest BCUT2D eigenvalue weighted by molar-refractivity contribution is 0.195. The minimum Gasteiger partial charge on any atom is -0.497 e. The van der Waals surface area contributed by atoms with Gasteiger partial charge >= 0.3 is 0 Å². The van der Waals surface area contributed by atoms with E-state index in [2.05, 4.69) is 19.2 Å². The summed E-state index contributed by atoms with van der Waals surface area (Å²) in [6.45, 7) is 6.32. The van der Waals surface area contributed by atoms with Gasteiger partial charge in [-0.15, -0.1) is 0 Å². The summed E-state index contributed by atoms with van der Waals surface area (Å²) >= 11 is 0. The molecule has 0 aromatic heterocycles. The summed E-state index contributed by atoms with van der Waals surface area (Å²) in [6.07, 6.45) is 5.43. The maximum absolute atomic E-state index is 5.77. The summed E-state index contributed by atoms with van der Waals surface area (Å²) in [7, 11) is 1.68. The molecule has 1 aliphatic carbocycles. The summed E-state index contributed by atoms with van der Waals surface area (Å²) in [6, 6.07) is 8.43. The summed E-state index contributed by atoms with van der Waals surface area (Å²) in [5, 5.41) is 3.70. The van der Waals surface area contributed by atoms with Gasteiger partial charge in [0.1, 0.15) is 18.1 Å². The Morgan fingerprint density at radius 1 is 1.10 bits per heavy atom. The lowest BCUT2D eigenvalue weighted by Crippen LogP contribution is -2.42. The second-order valence-corrected chi connectivity index (χ2v) is 6.28. The SMILES string of the molecule is COc1ccc(OCCNC2CCCCC2C(C)C)cc1. The molecule has 1 aliphatic rings. The van der Waals surface area contributed by atoms with Crippen LogP contribution in [0.5, 0.6) is 11.5 Å². The standard InChI is InChI=1S/C18H29NO2/c1-14(2)17-6-4-5-7-18(17)19-12-13-21-16-10-8-15(20-3)9-11-16/h8-11,14,17-19H,4-7,12-13H2,1-3H3. The number of hydrogen-bond donors (Lipinski definition) is 1. The van der Waals surface area contributed by atoms with Crippen LogP contribution in [0.1, 0.15) is 39.5 Å². The van der Waals surface area contributed by atoms with E-state index in [0.29, 0.717) is 12.6 Å². The Kier molecular flexibility index (Phi) is 6.37. The van der Waals surface area contributed by atoms with Crippen molar-refractivity contribution in [2.24, 2.45) is 11.8 Å². The fourth-order valence-corrected chi connectivity index (χ4v) is 3.30. The molecule has 0 heterocycles. The normalized spacial score (nSPS) is 22.3. The zero-order valence-corrected chi connectivity index (χ0v) is 13.6. The van der Waals surface area contributed by atoms with Crippen molar-refractivity contribution in [3.63, 3.8) is 0 Å². The van der Waals surface area contributed by atoms with Gasteiger partial charge in [-0.05, 0) is 48.9 Å². The summed E-state index contributed by atoms with van der Waals surface area (Å²) in [5.74, 6) is 3.36. The molecule has 1 aromatic carbocycles. The summed E-state index contributed by atoms with van der Waals surface area (Å²) < 4.78 is 10.9.